The third-order valence-electron chi connectivity index (χ3n) is 5.41. The molecule has 0 spiro atoms. The summed E-state index contributed by atoms with van der Waals surface area (Å²) < 4.78 is 8.16. The number of hydrogen-bond acceptors (Lipinski definition) is 5. The normalized spacial score (nSPS) is 11.0. The van der Waals surface area contributed by atoms with Crippen LogP contribution in [0.5, 0.6) is 0 Å². The lowest BCUT2D eigenvalue weighted by atomic mass is 10.1. The Morgan fingerprint density at radius 3 is 2.58 bits per heavy atom. The first-order chi connectivity index (χ1) is 15.8. The van der Waals surface area contributed by atoms with Crippen LogP contribution in [-0.4, -0.2) is 32.9 Å². The number of aromatic amines is 1. The zero-order valence-electron chi connectivity index (χ0n) is 18.2. The summed E-state index contributed by atoms with van der Waals surface area (Å²) in [5, 5.41) is 0.496. The molecule has 4 aromatic rings. The Morgan fingerprint density at radius 1 is 1.09 bits per heavy atom. The number of nitrogens with one attached hydrogen (secondary N) is 1. The molecule has 7 nitrogen and oxygen atoms in total. The van der Waals surface area contributed by atoms with Gasteiger partial charge >= 0.3 is 5.97 Å². The van der Waals surface area contributed by atoms with Gasteiger partial charge in [0.05, 0.1) is 17.3 Å². The first kappa shape index (κ1) is 22.7. The Bertz CT molecular complexity index is 1400. The number of benzene rings is 2. The van der Waals surface area contributed by atoms with Gasteiger partial charge in [-0.15, -0.1) is 0 Å². The summed E-state index contributed by atoms with van der Waals surface area (Å²) in [5.41, 5.74) is 3.48. The largest absolute Gasteiger partial charge is 0.457 e. The predicted octanol–water partition coefficient (Wildman–Crippen LogP) is 4.45. The fourth-order valence-electron chi connectivity index (χ4n) is 3.80. The minimum absolute atomic E-state index is 0.00642. The molecular weight excluding hydrogens is 486 g/mol. The third-order valence-corrected chi connectivity index (χ3v) is 5.94. The number of hydrogen-bond donors (Lipinski definition) is 1. The van der Waals surface area contributed by atoms with Crippen molar-refractivity contribution >= 4 is 38.6 Å². The summed E-state index contributed by atoms with van der Waals surface area (Å²) in [6.45, 7) is 3.45. The number of ether oxygens (including phenoxy) is 1. The second-order valence-electron chi connectivity index (χ2n) is 7.71. The van der Waals surface area contributed by atoms with Crippen LogP contribution >= 0.6 is 15.9 Å². The summed E-state index contributed by atoms with van der Waals surface area (Å²) in [6.07, 6.45) is 0.220. The Kier molecular flexibility index (Phi) is 6.55. The zero-order chi connectivity index (χ0) is 23.5. The number of Topliss-reactive ketones (excluding diaryl/α,β-unsaturated/α-hetero) is 1. The summed E-state index contributed by atoms with van der Waals surface area (Å²) in [5.74, 6) is -0.391. The molecule has 4 rings (SSSR count). The molecule has 0 bridgehead atoms. The number of H-pyrrole nitrogens is 1. The van der Waals surface area contributed by atoms with Crippen molar-refractivity contribution in [2.75, 3.05) is 6.61 Å². The molecule has 0 fully saturated rings. The van der Waals surface area contributed by atoms with Crippen LogP contribution in [0.15, 0.2) is 63.9 Å². The second-order valence-corrected chi connectivity index (χ2v) is 8.63. The SMILES string of the molecule is Cc1cc(C(=O)COC(=O)CCc2nc3ccccc3c(=O)[nH]2)c(C)n1-c1ccc(Br)cc1. The maximum absolute atomic E-state index is 12.7. The number of ketones is 1. The van der Waals surface area contributed by atoms with E-state index in [2.05, 4.69) is 25.9 Å². The van der Waals surface area contributed by atoms with Gasteiger partial charge in [-0.1, -0.05) is 28.1 Å². The van der Waals surface area contributed by atoms with Gasteiger partial charge in [0.1, 0.15) is 5.82 Å². The van der Waals surface area contributed by atoms with Gasteiger partial charge in [-0.2, -0.15) is 0 Å². The Balaban J connectivity index is 1.38. The minimum atomic E-state index is -0.527. The van der Waals surface area contributed by atoms with Crippen molar-refractivity contribution in [1.82, 2.24) is 14.5 Å². The van der Waals surface area contributed by atoms with Crippen LogP contribution in [0.2, 0.25) is 0 Å². The molecule has 0 aliphatic rings. The van der Waals surface area contributed by atoms with Crippen LogP contribution in [0.25, 0.3) is 16.6 Å². The molecule has 0 aliphatic carbocycles. The van der Waals surface area contributed by atoms with E-state index in [9.17, 15) is 14.4 Å². The highest BCUT2D eigenvalue weighted by molar-refractivity contribution is 9.10. The maximum atomic E-state index is 12.7. The molecule has 2 aromatic heterocycles. The number of carbonyl (C=O) groups is 2. The average Bonchev–Trinajstić information content (AvgIpc) is 3.10. The predicted molar refractivity (Wildman–Crippen MR) is 129 cm³/mol. The van der Waals surface area contributed by atoms with Crippen molar-refractivity contribution in [3.63, 3.8) is 0 Å². The summed E-state index contributed by atoms with van der Waals surface area (Å²) in [4.78, 5) is 44.1. The van der Waals surface area contributed by atoms with Gasteiger partial charge in [-0.05, 0) is 56.3 Å². The van der Waals surface area contributed by atoms with Gasteiger partial charge in [0.25, 0.3) is 5.56 Å². The molecule has 0 saturated carbocycles. The van der Waals surface area contributed by atoms with Crippen LogP contribution in [0.1, 0.15) is 34.0 Å². The van der Waals surface area contributed by atoms with Gasteiger partial charge in [0, 0.05) is 33.5 Å². The van der Waals surface area contributed by atoms with E-state index in [1.807, 2.05) is 42.7 Å². The number of aromatic nitrogens is 3. The van der Waals surface area contributed by atoms with Crippen molar-refractivity contribution in [2.45, 2.75) is 26.7 Å². The van der Waals surface area contributed by atoms with E-state index in [1.165, 1.54) is 0 Å². The summed E-state index contributed by atoms with van der Waals surface area (Å²) >= 11 is 3.43. The van der Waals surface area contributed by atoms with Crippen molar-refractivity contribution < 1.29 is 14.3 Å². The molecule has 0 unspecified atom stereocenters. The number of carbonyl (C=O) groups excluding carboxylic acids is 2. The fourth-order valence-corrected chi connectivity index (χ4v) is 4.07. The molecule has 8 heteroatoms. The van der Waals surface area contributed by atoms with E-state index >= 15 is 0 Å². The number of para-hydroxylation sites is 1. The smallest absolute Gasteiger partial charge is 0.306 e. The third kappa shape index (κ3) is 4.96. The Morgan fingerprint density at radius 2 is 1.82 bits per heavy atom. The minimum Gasteiger partial charge on any atom is -0.457 e. The standard InChI is InChI=1S/C25H22BrN3O4/c1-15-13-20(16(2)29(15)18-9-7-17(26)8-10-18)22(30)14-33-24(31)12-11-23-27-21-6-4-3-5-19(21)25(32)28-23/h3-10,13H,11-12,14H2,1-2H3,(H,27,28,32). The van der Waals surface area contributed by atoms with Crippen molar-refractivity contribution in [3.05, 3.63) is 92.2 Å². The number of nitrogens with zero attached hydrogens (tertiary/aromatic N) is 2. The van der Waals surface area contributed by atoms with E-state index in [1.54, 1.807) is 30.3 Å². The van der Waals surface area contributed by atoms with E-state index in [0.29, 0.717) is 22.3 Å². The molecule has 2 aromatic carbocycles. The lowest BCUT2D eigenvalue weighted by Gasteiger charge is -2.10. The van der Waals surface area contributed by atoms with E-state index in [-0.39, 0.29) is 30.8 Å². The lowest BCUT2D eigenvalue weighted by Crippen LogP contribution is -2.17. The Hall–Kier alpha value is -3.52. The number of esters is 1. The summed E-state index contributed by atoms with van der Waals surface area (Å²) in [7, 11) is 0. The zero-order valence-corrected chi connectivity index (χ0v) is 19.8. The van der Waals surface area contributed by atoms with Gasteiger partial charge in [0.2, 0.25) is 5.78 Å². The molecule has 0 aliphatic heterocycles. The van der Waals surface area contributed by atoms with Crippen LogP contribution < -0.4 is 5.56 Å². The molecule has 0 atom stereocenters. The molecule has 33 heavy (non-hydrogen) atoms. The van der Waals surface area contributed by atoms with Gasteiger partial charge in [-0.25, -0.2) is 4.98 Å². The topological polar surface area (TPSA) is 94.1 Å². The quantitative estimate of drug-likeness (QED) is 0.294. The van der Waals surface area contributed by atoms with Crippen molar-refractivity contribution in [3.8, 4) is 5.69 Å². The number of halogens is 1. The molecule has 0 saturated heterocycles. The van der Waals surface area contributed by atoms with E-state index < -0.39 is 5.97 Å². The van der Waals surface area contributed by atoms with Crippen LogP contribution in [0, 0.1) is 13.8 Å². The monoisotopic (exact) mass is 507 g/mol. The van der Waals surface area contributed by atoms with E-state index in [0.717, 1.165) is 21.5 Å². The van der Waals surface area contributed by atoms with Crippen molar-refractivity contribution in [2.24, 2.45) is 0 Å². The first-order valence-electron chi connectivity index (χ1n) is 10.4. The average molecular weight is 508 g/mol. The highest BCUT2D eigenvalue weighted by Gasteiger charge is 2.18. The first-order valence-corrected chi connectivity index (χ1v) is 11.2. The molecule has 0 amide bonds. The van der Waals surface area contributed by atoms with Gasteiger partial charge in [0.15, 0.2) is 6.61 Å². The molecular formula is C25H22BrN3O4. The molecule has 168 valence electrons. The van der Waals surface area contributed by atoms with Crippen LogP contribution in [0.3, 0.4) is 0 Å². The fraction of sp³-hybridized carbons (Fsp3) is 0.200. The number of rotatable bonds is 7. The molecule has 1 N–H and O–H groups in total. The van der Waals surface area contributed by atoms with Gasteiger partial charge < -0.3 is 14.3 Å². The highest BCUT2D eigenvalue weighted by atomic mass is 79.9. The number of aryl methyl sites for hydroxylation is 2. The van der Waals surface area contributed by atoms with Crippen LogP contribution in [-0.2, 0) is 16.0 Å². The second kappa shape index (κ2) is 9.54. The number of fused-ring (bicyclic) bond motifs is 1. The van der Waals surface area contributed by atoms with Crippen LogP contribution in [0.4, 0.5) is 0 Å². The highest BCUT2D eigenvalue weighted by Crippen LogP contribution is 2.23. The van der Waals surface area contributed by atoms with Crippen molar-refractivity contribution in [1.29, 1.82) is 0 Å². The summed E-state index contributed by atoms with van der Waals surface area (Å²) in [6, 6.07) is 16.6. The maximum Gasteiger partial charge on any atom is 0.306 e. The van der Waals surface area contributed by atoms with E-state index in [4.69, 9.17) is 4.74 Å². The van der Waals surface area contributed by atoms with Gasteiger partial charge in [-0.3, -0.25) is 14.4 Å². The molecule has 2 heterocycles. The molecule has 0 radical (unpaired) electrons. The lowest BCUT2D eigenvalue weighted by molar-refractivity contribution is -0.142. The Labute approximate surface area is 198 Å².